The minimum atomic E-state index is 0.756. The molecule has 0 unspecified atom stereocenters. The molecule has 0 aliphatic rings. The SMILES string of the molecule is Clc1ccccc1CSc1ncnc2[nH]cnc12. The molecule has 0 fully saturated rings. The molecule has 1 N–H and O–H groups in total. The van der Waals surface area contributed by atoms with E-state index in [-0.39, 0.29) is 0 Å². The summed E-state index contributed by atoms with van der Waals surface area (Å²) < 4.78 is 0. The molecule has 0 atom stereocenters. The number of aromatic amines is 1. The molecular formula is C12H9ClN4S. The van der Waals surface area contributed by atoms with Crippen LogP contribution in [-0.2, 0) is 5.75 Å². The Balaban J connectivity index is 1.85. The Bertz CT molecular complexity index is 682. The number of thioether (sulfide) groups is 1. The van der Waals surface area contributed by atoms with E-state index in [1.54, 1.807) is 18.1 Å². The maximum Gasteiger partial charge on any atom is 0.161 e. The summed E-state index contributed by atoms with van der Waals surface area (Å²) in [6, 6.07) is 7.80. The molecule has 0 saturated heterocycles. The topological polar surface area (TPSA) is 54.5 Å². The van der Waals surface area contributed by atoms with Gasteiger partial charge in [0.2, 0.25) is 0 Å². The van der Waals surface area contributed by atoms with E-state index in [4.69, 9.17) is 11.6 Å². The van der Waals surface area contributed by atoms with Gasteiger partial charge in [-0.15, -0.1) is 0 Å². The summed E-state index contributed by atoms with van der Waals surface area (Å²) in [6.07, 6.45) is 3.16. The minimum Gasteiger partial charge on any atom is -0.329 e. The number of aromatic nitrogens is 4. The quantitative estimate of drug-likeness (QED) is 0.589. The first-order chi connectivity index (χ1) is 8.84. The van der Waals surface area contributed by atoms with E-state index >= 15 is 0 Å². The number of nitrogens with one attached hydrogen (secondary N) is 1. The van der Waals surface area contributed by atoms with Crippen molar-refractivity contribution in [1.29, 1.82) is 0 Å². The number of benzene rings is 1. The molecule has 0 aliphatic carbocycles. The van der Waals surface area contributed by atoms with Crippen LogP contribution in [0.15, 0.2) is 41.9 Å². The van der Waals surface area contributed by atoms with Crippen LogP contribution in [0.1, 0.15) is 5.56 Å². The second-order valence-electron chi connectivity index (χ2n) is 3.66. The number of halogens is 1. The van der Waals surface area contributed by atoms with Crippen molar-refractivity contribution in [2.75, 3.05) is 0 Å². The van der Waals surface area contributed by atoms with Crippen molar-refractivity contribution in [3.05, 3.63) is 47.5 Å². The van der Waals surface area contributed by atoms with Crippen LogP contribution in [0.3, 0.4) is 0 Å². The van der Waals surface area contributed by atoms with Gasteiger partial charge in [-0.3, -0.25) is 0 Å². The van der Waals surface area contributed by atoms with E-state index in [1.165, 1.54) is 6.33 Å². The average molecular weight is 277 g/mol. The summed E-state index contributed by atoms with van der Waals surface area (Å²) in [5.41, 5.74) is 2.65. The van der Waals surface area contributed by atoms with Crippen LogP contribution in [0.25, 0.3) is 11.2 Å². The first-order valence-electron chi connectivity index (χ1n) is 5.35. The molecule has 4 nitrogen and oxygen atoms in total. The van der Waals surface area contributed by atoms with Gasteiger partial charge in [-0.05, 0) is 11.6 Å². The standard InChI is InChI=1S/C12H9ClN4S/c13-9-4-2-1-3-8(9)5-18-12-10-11(15-6-14-10)16-7-17-12/h1-4,6-7H,5H2,(H,14,15,16,17). The van der Waals surface area contributed by atoms with Crippen molar-refractivity contribution in [2.24, 2.45) is 0 Å². The number of hydrogen-bond acceptors (Lipinski definition) is 4. The molecule has 0 spiro atoms. The van der Waals surface area contributed by atoms with Gasteiger partial charge in [0.05, 0.1) is 6.33 Å². The third kappa shape index (κ3) is 2.19. The van der Waals surface area contributed by atoms with Gasteiger partial charge in [0, 0.05) is 10.8 Å². The lowest BCUT2D eigenvalue weighted by atomic mass is 10.2. The molecule has 3 aromatic rings. The van der Waals surface area contributed by atoms with E-state index in [2.05, 4.69) is 19.9 Å². The zero-order valence-corrected chi connectivity index (χ0v) is 10.9. The fraction of sp³-hybridized carbons (Fsp3) is 0.0833. The number of nitrogens with zero attached hydrogens (tertiary/aromatic N) is 3. The molecule has 1 aromatic carbocycles. The predicted octanol–water partition coefficient (Wildman–Crippen LogP) is 3.30. The van der Waals surface area contributed by atoms with Gasteiger partial charge in [0.1, 0.15) is 16.9 Å². The van der Waals surface area contributed by atoms with Crippen molar-refractivity contribution in [1.82, 2.24) is 19.9 Å². The maximum absolute atomic E-state index is 6.12. The lowest BCUT2D eigenvalue weighted by Crippen LogP contribution is -1.88. The molecule has 2 aromatic heterocycles. The highest BCUT2D eigenvalue weighted by molar-refractivity contribution is 7.98. The maximum atomic E-state index is 6.12. The first-order valence-corrected chi connectivity index (χ1v) is 6.71. The fourth-order valence-electron chi connectivity index (χ4n) is 1.61. The minimum absolute atomic E-state index is 0.756. The molecule has 0 saturated carbocycles. The number of imidazole rings is 1. The predicted molar refractivity (Wildman–Crippen MR) is 72.7 cm³/mol. The highest BCUT2D eigenvalue weighted by atomic mass is 35.5. The largest absolute Gasteiger partial charge is 0.329 e. The summed E-state index contributed by atoms with van der Waals surface area (Å²) >= 11 is 7.72. The van der Waals surface area contributed by atoms with E-state index in [0.717, 1.165) is 32.5 Å². The Morgan fingerprint density at radius 2 is 2.06 bits per heavy atom. The Morgan fingerprint density at radius 1 is 1.17 bits per heavy atom. The fourth-order valence-corrected chi connectivity index (χ4v) is 2.84. The molecule has 0 amide bonds. The molecular weight excluding hydrogens is 268 g/mol. The number of rotatable bonds is 3. The highest BCUT2D eigenvalue weighted by Gasteiger charge is 2.07. The van der Waals surface area contributed by atoms with E-state index in [1.807, 2.05) is 24.3 Å². The van der Waals surface area contributed by atoms with Crippen LogP contribution >= 0.6 is 23.4 Å². The van der Waals surface area contributed by atoms with Gasteiger partial charge in [-0.25, -0.2) is 15.0 Å². The molecule has 2 heterocycles. The van der Waals surface area contributed by atoms with Gasteiger partial charge in [0.15, 0.2) is 5.65 Å². The van der Waals surface area contributed by atoms with Crippen molar-refractivity contribution < 1.29 is 0 Å². The van der Waals surface area contributed by atoms with Gasteiger partial charge >= 0.3 is 0 Å². The molecule has 0 aliphatic heterocycles. The van der Waals surface area contributed by atoms with Crippen LogP contribution in [0.2, 0.25) is 5.02 Å². The zero-order valence-electron chi connectivity index (χ0n) is 9.30. The number of fused-ring (bicyclic) bond motifs is 1. The number of hydrogen-bond donors (Lipinski definition) is 1. The first kappa shape index (κ1) is 11.5. The molecule has 6 heteroatoms. The van der Waals surface area contributed by atoms with Crippen LogP contribution in [-0.4, -0.2) is 19.9 Å². The van der Waals surface area contributed by atoms with Crippen LogP contribution in [0.5, 0.6) is 0 Å². The normalized spacial score (nSPS) is 10.9. The van der Waals surface area contributed by atoms with Crippen LogP contribution in [0.4, 0.5) is 0 Å². The van der Waals surface area contributed by atoms with Crippen molar-refractivity contribution in [3.8, 4) is 0 Å². The number of H-pyrrole nitrogens is 1. The van der Waals surface area contributed by atoms with Crippen LogP contribution in [0, 0.1) is 0 Å². The van der Waals surface area contributed by atoms with Crippen molar-refractivity contribution >= 4 is 34.5 Å². The third-order valence-corrected chi connectivity index (χ3v) is 3.90. The highest BCUT2D eigenvalue weighted by Crippen LogP contribution is 2.28. The van der Waals surface area contributed by atoms with Gasteiger partial charge in [-0.2, -0.15) is 0 Å². The molecule has 18 heavy (non-hydrogen) atoms. The lowest BCUT2D eigenvalue weighted by molar-refractivity contribution is 1.08. The Hall–Kier alpha value is -1.59. The molecule has 90 valence electrons. The third-order valence-electron chi connectivity index (χ3n) is 2.51. The van der Waals surface area contributed by atoms with Gasteiger partial charge in [-0.1, -0.05) is 41.6 Å². The summed E-state index contributed by atoms with van der Waals surface area (Å²) in [6.45, 7) is 0. The smallest absolute Gasteiger partial charge is 0.161 e. The Kier molecular flexibility index (Phi) is 3.17. The van der Waals surface area contributed by atoms with Gasteiger partial charge in [0.25, 0.3) is 0 Å². The second kappa shape index (κ2) is 4.96. The summed E-state index contributed by atoms with van der Waals surface area (Å²) in [5.74, 6) is 0.763. The Morgan fingerprint density at radius 3 is 2.94 bits per heavy atom. The second-order valence-corrected chi connectivity index (χ2v) is 5.03. The van der Waals surface area contributed by atoms with Crippen molar-refractivity contribution in [2.45, 2.75) is 10.8 Å². The van der Waals surface area contributed by atoms with Crippen LogP contribution < -0.4 is 0 Å². The zero-order chi connectivity index (χ0) is 12.4. The monoisotopic (exact) mass is 276 g/mol. The van der Waals surface area contributed by atoms with E-state index < -0.39 is 0 Å². The van der Waals surface area contributed by atoms with Gasteiger partial charge < -0.3 is 4.98 Å². The molecule has 3 rings (SSSR count). The summed E-state index contributed by atoms with van der Waals surface area (Å²) in [4.78, 5) is 15.5. The molecule has 0 bridgehead atoms. The summed E-state index contributed by atoms with van der Waals surface area (Å²) in [5, 5.41) is 1.64. The van der Waals surface area contributed by atoms with Crippen molar-refractivity contribution in [3.63, 3.8) is 0 Å². The average Bonchev–Trinajstić information content (AvgIpc) is 2.86. The van der Waals surface area contributed by atoms with E-state index in [9.17, 15) is 0 Å². The Labute approximate surface area is 113 Å². The summed E-state index contributed by atoms with van der Waals surface area (Å²) in [7, 11) is 0. The lowest BCUT2D eigenvalue weighted by Gasteiger charge is -2.03. The molecule has 0 radical (unpaired) electrons. The van der Waals surface area contributed by atoms with E-state index in [0.29, 0.717) is 0 Å².